The van der Waals surface area contributed by atoms with E-state index in [-0.39, 0.29) is 31.1 Å². The maximum atomic E-state index is 12.9. The van der Waals surface area contributed by atoms with Crippen molar-refractivity contribution in [2.75, 3.05) is 13.2 Å². The van der Waals surface area contributed by atoms with Crippen LogP contribution in [-0.2, 0) is 28.6 Å². The second-order valence-corrected chi connectivity index (χ2v) is 22.9. The highest BCUT2D eigenvalue weighted by atomic mass is 16.6. The minimum absolute atomic E-state index is 0.0610. The van der Waals surface area contributed by atoms with Gasteiger partial charge in [-0.15, -0.1) is 0 Å². The van der Waals surface area contributed by atoms with E-state index < -0.39 is 6.10 Å². The molecular weight excluding hydrogens is 877 g/mol. The Hall–Kier alpha value is -1.59. The average Bonchev–Trinajstić information content (AvgIpc) is 3.36. The van der Waals surface area contributed by atoms with E-state index in [0.717, 1.165) is 63.7 Å². The van der Waals surface area contributed by atoms with E-state index in [1.807, 2.05) is 0 Å². The van der Waals surface area contributed by atoms with Gasteiger partial charge in [0, 0.05) is 19.3 Å². The minimum Gasteiger partial charge on any atom is -0.462 e. The van der Waals surface area contributed by atoms with Crippen LogP contribution < -0.4 is 0 Å². The van der Waals surface area contributed by atoms with Gasteiger partial charge in [-0.3, -0.25) is 14.4 Å². The van der Waals surface area contributed by atoms with Crippen molar-refractivity contribution >= 4 is 17.9 Å². The number of carbonyl (C=O) groups excluding carboxylic acids is 3. The Morgan fingerprint density at radius 1 is 0.268 bits per heavy atom. The highest BCUT2D eigenvalue weighted by molar-refractivity contribution is 5.71. The molecule has 0 N–H and O–H groups in total. The van der Waals surface area contributed by atoms with Crippen LogP contribution >= 0.6 is 0 Å². The summed E-state index contributed by atoms with van der Waals surface area (Å²) in [7, 11) is 0. The molecule has 0 amide bonds. The minimum atomic E-state index is -0.763. The molecular formula is C65H126O6. The zero-order valence-electron chi connectivity index (χ0n) is 48.7. The fourth-order valence-corrected chi connectivity index (χ4v) is 10.2. The molecule has 0 heterocycles. The Kier molecular flexibility index (Phi) is 58.0. The summed E-state index contributed by atoms with van der Waals surface area (Å²) in [5.74, 6) is 0.0256. The predicted molar refractivity (Wildman–Crippen MR) is 307 cm³/mol. The van der Waals surface area contributed by atoms with Crippen molar-refractivity contribution in [3.63, 3.8) is 0 Å². The fourth-order valence-electron chi connectivity index (χ4n) is 10.2. The zero-order chi connectivity index (χ0) is 51.6. The van der Waals surface area contributed by atoms with E-state index in [1.54, 1.807) is 0 Å². The smallest absolute Gasteiger partial charge is 0.306 e. The summed E-state index contributed by atoms with van der Waals surface area (Å²) < 4.78 is 17.0. The van der Waals surface area contributed by atoms with Crippen LogP contribution in [0.25, 0.3) is 0 Å². The molecule has 0 saturated heterocycles. The van der Waals surface area contributed by atoms with Gasteiger partial charge in [-0.05, 0) is 25.2 Å². The number of unbranched alkanes of at least 4 members (excludes halogenated alkanes) is 47. The van der Waals surface area contributed by atoms with Gasteiger partial charge >= 0.3 is 17.9 Å². The van der Waals surface area contributed by atoms with Crippen LogP contribution in [0.4, 0.5) is 0 Å². The first-order chi connectivity index (χ1) is 34.9. The average molecular weight is 1000 g/mol. The summed E-state index contributed by atoms with van der Waals surface area (Å²) in [5, 5.41) is 0. The molecule has 0 aromatic rings. The topological polar surface area (TPSA) is 78.9 Å². The first-order valence-electron chi connectivity index (χ1n) is 32.4. The van der Waals surface area contributed by atoms with Crippen molar-refractivity contribution in [3.8, 4) is 0 Å². The summed E-state index contributed by atoms with van der Waals surface area (Å²) >= 11 is 0. The predicted octanol–water partition coefficient (Wildman–Crippen LogP) is 21.7. The van der Waals surface area contributed by atoms with Crippen molar-refractivity contribution in [1.29, 1.82) is 0 Å². The Balaban J connectivity index is 4.27. The summed E-state index contributed by atoms with van der Waals surface area (Å²) in [4.78, 5) is 38.3. The molecule has 0 fully saturated rings. The number of carbonyl (C=O) groups is 3. The molecule has 0 radical (unpaired) electrons. The molecule has 0 aromatic carbocycles. The van der Waals surface area contributed by atoms with E-state index in [0.29, 0.717) is 19.3 Å². The first kappa shape index (κ1) is 69.4. The van der Waals surface area contributed by atoms with Gasteiger partial charge in [0.1, 0.15) is 13.2 Å². The third-order valence-corrected chi connectivity index (χ3v) is 15.0. The SMILES string of the molecule is CCCCCCCCCCCCCCCCCCCCCC(=O)OC[C@H](COC(=O)CCCCCCCCCCCCCCCCC)OC(=O)CCCCCCCCCCCCCCCCCCC(C)C. The maximum absolute atomic E-state index is 12.9. The molecule has 0 spiro atoms. The molecule has 6 nitrogen and oxygen atoms in total. The van der Waals surface area contributed by atoms with Crippen LogP contribution in [0.5, 0.6) is 0 Å². The standard InChI is InChI=1S/C65H126O6/c1-5-7-9-11-13-15-17-19-21-22-23-24-29-33-37-41-45-49-53-57-64(67)70-60-62(59-69-63(66)56-52-48-44-40-36-32-27-20-18-16-14-12-10-8-6-2)71-65(68)58-54-50-46-42-38-34-30-26-25-28-31-35-39-43-47-51-55-61(3)4/h61-62H,5-60H2,1-4H3/t62-/m0/s1. The van der Waals surface area contributed by atoms with Crippen LogP contribution in [0.3, 0.4) is 0 Å². The van der Waals surface area contributed by atoms with Gasteiger partial charge in [-0.1, -0.05) is 336 Å². The summed E-state index contributed by atoms with van der Waals surface area (Å²) in [6.07, 6.45) is 66.8. The number of hydrogen-bond acceptors (Lipinski definition) is 6. The van der Waals surface area contributed by atoms with Gasteiger partial charge in [-0.25, -0.2) is 0 Å². The molecule has 1 atom stereocenters. The summed E-state index contributed by atoms with van der Waals surface area (Å²) in [6.45, 7) is 9.10. The largest absolute Gasteiger partial charge is 0.462 e. The van der Waals surface area contributed by atoms with Crippen LogP contribution in [0.1, 0.15) is 374 Å². The van der Waals surface area contributed by atoms with Crippen molar-refractivity contribution < 1.29 is 28.6 Å². The second-order valence-electron chi connectivity index (χ2n) is 22.9. The highest BCUT2D eigenvalue weighted by Gasteiger charge is 2.19. The molecule has 0 aliphatic rings. The Morgan fingerprint density at radius 3 is 0.690 bits per heavy atom. The Morgan fingerprint density at radius 2 is 0.465 bits per heavy atom. The number of ether oxygens (including phenoxy) is 3. The van der Waals surface area contributed by atoms with Gasteiger partial charge in [0.05, 0.1) is 0 Å². The monoisotopic (exact) mass is 1000 g/mol. The third-order valence-electron chi connectivity index (χ3n) is 15.0. The lowest BCUT2D eigenvalue weighted by atomic mass is 10.0. The lowest BCUT2D eigenvalue weighted by molar-refractivity contribution is -0.167. The van der Waals surface area contributed by atoms with Crippen LogP contribution in [0.15, 0.2) is 0 Å². The van der Waals surface area contributed by atoms with Crippen molar-refractivity contribution in [1.82, 2.24) is 0 Å². The molecule has 0 aliphatic carbocycles. The lowest BCUT2D eigenvalue weighted by Crippen LogP contribution is -2.30. The van der Waals surface area contributed by atoms with Crippen molar-refractivity contribution in [3.05, 3.63) is 0 Å². The molecule has 0 rings (SSSR count). The highest BCUT2D eigenvalue weighted by Crippen LogP contribution is 2.19. The zero-order valence-corrected chi connectivity index (χ0v) is 48.7. The molecule has 0 aliphatic heterocycles. The number of esters is 3. The molecule has 422 valence electrons. The maximum Gasteiger partial charge on any atom is 0.306 e. The molecule has 0 saturated carbocycles. The molecule has 0 bridgehead atoms. The van der Waals surface area contributed by atoms with Gasteiger partial charge in [0.15, 0.2) is 6.10 Å². The molecule has 6 heteroatoms. The van der Waals surface area contributed by atoms with Gasteiger partial charge in [-0.2, -0.15) is 0 Å². The fraction of sp³-hybridized carbons (Fsp3) is 0.954. The van der Waals surface area contributed by atoms with E-state index in [1.165, 1.54) is 270 Å². The van der Waals surface area contributed by atoms with Gasteiger partial charge in [0.2, 0.25) is 0 Å². The molecule has 71 heavy (non-hydrogen) atoms. The Bertz CT molecular complexity index is 1070. The normalized spacial score (nSPS) is 12.0. The lowest BCUT2D eigenvalue weighted by Gasteiger charge is -2.18. The molecule has 0 unspecified atom stereocenters. The third kappa shape index (κ3) is 59.2. The summed E-state index contributed by atoms with van der Waals surface area (Å²) in [6, 6.07) is 0. The van der Waals surface area contributed by atoms with Gasteiger partial charge < -0.3 is 14.2 Å². The summed E-state index contributed by atoms with van der Waals surface area (Å²) in [5.41, 5.74) is 0. The first-order valence-corrected chi connectivity index (χ1v) is 32.4. The Labute approximate surface area is 444 Å². The van der Waals surface area contributed by atoms with Crippen LogP contribution in [0.2, 0.25) is 0 Å². The quantitative estimate of drug-likeness (QED) is 0.0343. The number of hydrogen-bond donors (Lipinski definition) is 0. The van der Waals surface area contributed by atoms with Crippen LogP contribution in [0, 0.1) is 5.92 Å². The van der Waals surface area contributed by atoms with E-state index >= 15 is 0 Å². The van der Waals surface area contributed by atoms with Crippen molar-refractivity contribution in [2.45, 2.75) is 381 Å². The van der Waals surface area contributed by atoms with Gasteiger partial charge in [0.25, 0.3) is 0 Å². The van der Waals surface area contributed by atoms with E-state index in [2.05, 4.69) is 27.7 Å². The van der Waals surface area contributed by atoms with E-state index in [4.69, 9.17) is 14.2 Å². The van der Waals surface area contributed by atoms with Crippen molar-refractivity contribution in [2.24, 2.45) is 5.92 Å². The second kappa shape index (κ2) is 59.3. The van der Waals surface area contributed by atoms with E-state index in [9.17, 15) is 14.4 Å². The number of rotatable bonds is 60. The van der Waals surface area contributed by atoms with Crippen LogP contribution in [-0.4, -0.2) is 37.2 Å². The molecule has 0 aromatic heterocycles.